The third kappa shape index (κ3) is 17.3. The molecule has 0 bridgehead atoms. The summed E-state index contributed by atoms with van der Waals surface area (Å²) < 4.78 is 26.7. The fourth-order valence-corrected chi connectivity index (χ4v) is 5.58. The summed E-state index contributed by atoms with van der Waals surface area (Å²) in [7, 11) is 7.75. The first-order chi connectivity index (χ1) is 28.5. The van der Waals surface area contributed by atoms with Gasteiger partial charge in [-0.3, -0.25) is 33.7 Å². The fourth-order valence-electron chi connectivity index (χ4n) is 4.95. The van der Waals surface area contributed by atoms with Crippen LogP contribution in [0.4, 0.5) is 0 Å². The molecule has 0 radical (unpaired) electrons. The lowest BCUT2D eigenvalue weighted by Crippen LogP contribution is -2.38. The van der Waals surface area contributed by atoms with Gasteiger partial charge in [0.15, 0.2) is 11.5 Å². The standard InChI is InChI=1S/C16H16BrNO6.C12H12BrNO3.C12H13NO3.3CH4.Br2/c1-21-12-8-10(9-13(22-2)15(12)23-3)4-5-14(19)18-16(20)11(17)6-7-24-18;1-16-10-4-2-9(3-5-10)8-14-12(15)11(13)6-7-17-14;1-15-11-6-4-10(5-7-11)9-13-12(14)3-2-8-16-13;;;;1-2/h4-6,8-9H,7H2,1-3H3;2-6H,7-8H2,1H3;2-7H,8-9H2,1H3;3*1H4;/b5-4+;;;;;;. The molecule has 15 nitrogen and oxygen atoms in total. The largest absolute Gasteiger partial charge is 0.497 e. The van der Waals surface area contributed by atoms with Crippen LogP contribution in [0.1, 0.15) is 39.0 Å². The summed E-state index contributed by atoms with van der Waals surface area (Å²) in [5.41, 5.74) is 2.63. The lowest BCUT2D eigenvalue weighted by atomic mass is 10.1. The van der Waals surface area contributed by atoms with Gasteiger partial charge in [0.1, 0.15) is 11.5 Å². The Hall–Kier alpha value is -4.50. The topological polar surface area (TPSA) is 152 Å². The van der Waals surface area contributed by atoms with Gasteiger partial charge in [0, 0.05) is 40.4 Å². The molecule has 0 N–H and O–H groups in total. The molecule has 0 atom stereocenters. The molecule has 0 aromatic heterocycles. The van der Waals surface area contributed by atoms with Gasteiger partial charge in [-0.05, 0) is 103 Å². The molecule has 0 fully saturated rings. The number of carbonyl (C=O) groups is 4. The van der Waals surface area contributed by atoms with Crippen molar-refractivity contribution in [2.45, 2.75) is 35.4 Å². The number of methoxy groups -OCH3 is 5. The first kappa shape index (κ1) is 57.5. The summed E-state index contributed by atoms with van der Waals surface area (Å²) >= 11 is 11.8. The number of benzene rings is 3. The maximum atomic E-state index is 12.1. The van der Waals surface area contributed by atoms with Crippen LogP contribution < -0.4 is 23.7 Å². The van der Waals surface area contributed by atoms with Gasteiger partial charge in [0.2, 0.25) is 5.75 Å². The number of hydrogen-bond donors (Lipinski definition) is 0. The minimum atomic E-state index is -0.598. The highest BCUT2D eigenvalue weighted by molar-refractivity contribution is 9.93. The zero-order valence-corrected chi connectivity index (χ0v) is 38.9. The van der Waals surface area contributed by atoms with Crippen LogP contribution in [0.15, 0.2) is 100 Å². The minimum Gasteiger partial charge on any atom is -0.497 e. The molecule has 3 aromatic carbocycles. The van der Waals surface area contributed by atoms with E-state index in [1.165, 1.54) is 55.8 Å². The molecular weight excluding hydrogens is 1070 g/mol. The molecule has 3 aromatic rings. The van der Waals surface area contributed by atoms with Gasteiger partial charge in [-0.25, -0.2) is 10.1 Å². The quantitative estimate of drug-likeness (QED) is 0.168. The Kier molecular flexibility index (Phi) is 28.3. The molecule has 0 aliphatic carbocycles. The smallest absolute Gasteiger partial charge is 0.291 e. The molecule has 4 amide bonds. The van der Waals surface area contributed by atoms with Crippen LogP contribution in [0.2, 0.25) is 0 Å². The Morgan fingerprint density at radius 1 is 0.645 bits per heavy atom. The highest BCUT2D eigenvalue weighted by Gasteiger charge is 2.26. The van der Waals surface area contributed by atoms with Crippen LogP contribution in [-0.2, 0) is 46.8 Å². The fraction of sp³-hybridized carbons (Fsp3) is 0.302. The van der Waals surface area contributed by atoms with Gasteiger partial charge in [0.05, 0.1) is 77.4 Å². The number of ether oxygens (including phenoxy) is 5. The average molecular weight is 1120 g/mol. The third-order valence-corrected chi connectivity index (χ3v) is 9.21. The molecule has 19 heteroatoms. The van der Waals surface area contributed by atoms with E-state index in [1.54, 1.807) is 38.5 Å². The van der Waals surface area contributed by atoms with E-state index in [0.717, 1.165) is 22.6 Å². The van der Waals surface area contributed by atoms with Crippen LogP contribution >= 0.6 is 60.1 Å². The van der Waals surface area contributed by atoms with Crippen molar-refractivity contribution in [2.24, 2.45) is 0 Å². The van der Waals surface area contributed by atoms with Crippen molar-refractivity contribution in [1.29, 1.82) is 0 Å². The average Bonchev–Trinajstić information content (AvgIpc) is 3.27. The molecule has 0 unspecified atom stereocenters. The second-order valence-corrected chi connectivity index (χ2v) is 13.2. The molecule has 62 heavy (non-hydrogen) atoms. The number of hydrogen-bond acceptors (Lipinski definition) is 12. The van der Waals surface area contributed by atoms with Crippen LogP contribution in [-0.4, -0.2) is 94.2 Å². The van der Waals surface area contributed by atoms with Gasteiger partial charge in [0.25, 0.3) is 23.6 Å². The zero-order chi connectivity index (χ0) is 43.3. The van der Waals surface area contributed by atoms with Gasteiger partial charge in [-0.2, -0.15) is 0 Å². The molecule has 0 spiro atoms. The molecule has 3 aliphatic heterocycles. The second-order valence-electron chi connectivity index (χ2n) is 11.5. The van der Waals surface area contributed by atoms with Crippen molar-refractivity contribution >= 4 is 89.8 Å². The predicted molar refractivity (Wildman–Crippen MR) is 253 cm³/mol. The van der Waals surface area contributed by atoms with E-state index in [1.807, 2.05) is 48.5 Å². The van der Waals surface area contributed by atoms with Crippen molar-refractivity contribution < 1.29 is 57.4 Å². The number of hydroxylamine groups is 6. The molecule has 3 aliphatic rings. The van der Waals surface area contributed by atoms with Crippen molar-refractivity contribution in [3.8, 4) is 28.7 Å². The summed E-state index contributed by atoms with van der Waals surface area (Å²) in [6.45, 7) is 1.86. The van der Waals surface area contributed by atoms with E-state index in [4.69, 9.17) is 38.2 Å². The monoisotopic (exact) mass is 1120 g/mol. The number of rotatable bonds is 11. The van der Waals surface area contributed by atoms with Crippen LogP contribution in [0, 0.1) is 0 Å². The van der Waals surface area contributed by atoms with Crippen molar-refractivity contribution in [3.63, 3.8) is 0 Å². The number of amides is 4. The highest BCUT2D eigenvalue weighted by atomic mass is 80.9. The zero-order valence-electron chi connectivity index (χ0n) is 32.5. The van der Waals surface area contributed by atoms with E-state index in [9.17, 15) is 19.2 Å². The minimum absolute atomic E-state index is 0. The second kappa shape index (κ2) is 30.5. The maximum absolute atomic E-state index is 12.1. The molecule has 6 rings (SSSR count). The van der Waals surface area contributed by atoms with E-state index in [-0.39, 0.29) is 45.2 Å². The molecular formula is C43H53Br4N3O12. The van der Waals surface area contributed by atoms with Crippen LogP contribution in [0.25, 0.3) is 6.08 Å². The number of nitrogens with zero attached hydrogens (tertiary/aromatic N) is 3. The van der Waals surface area contributed by atoms with Gasteiger partial charge < -0.3 is 23.7 Å². The molecule has 3 heterocycles. The molecule has 0 saturated carbocycles. The summed E-state index contributed by atoms with van der Waals surface area (Å²) in [5, 5.41) is 3.38. The van der Waals surface area contributed by atoms with Crippen molar-refractivity contribution in [3.05, 3.63) is 117 Å². The van der Waals surface area contributed by atoms with E-state index in [0.29, 0.717) is 58.7 Å². The maximum Gasteiger partial charge on any atom is 0.291 e. The van der Waals surface area contributed by atoms with Crippen LogP contribution in [0.5, 0.6) is 28.7 Å². The van der Waals surface area contributed by atoms with Gasteiger partial charge >= 0.3 is 0 Å². The normalized spacial score (nSPS) is 14.0. The summed E-state index contributed by atoms with van der Waals surface area (Å²) in [5.74, 6) is 1.52. The predicted octanol–water partition coefficient (Wildman–Crippen LogP) is 9.68. The SMILES string of the molecule is BrBr.C.C.C.COc1cc(/C=C/C(=O)N2OCC=C(Br)C2=O)cc(OC)c1OC.COc1ccc(CN2OCC=C(Br)C2=O)cc1.COc1ccc(CN2OCC=CC2=O)cc1. The highest BCUT2D eigenvalue weighted by Crippen LogP contribution is 2.38. The summed E-state index contributed by atoms with van der Waals surface area (Å²) in [6, 6.07) is 18.4. The van der Waals surface area contributed by atoms with E-state index in [2.05, 4.69) is 60.1 Å². The Bertz CT molecular complexity index is 1980. The number of imide groups is 1. The van der Waals surface area contributed by atoms with E-state index < -0.39 is 11.8 Å². The van der Waals surface area contributed by atoms with Crippen molar-refractivity contribution in [1.82, 2.24) is 15.2 Å². The lowest BCUT2D eigenvalue weighted by Gasteiger charge is -2.24. The Morgan fingerprint density at radius 3 is 1.58 bits per heavy atom. The summed E-state index contributed by atoms with van der Waals surface area (Å²) in [6.07, 6.45) is 9.21. The first-order valence-corrected chi connectivity index (χ1v) is 22.5. The van der Waals surface area contributed by atoms with Crippen molar-refractivity contribution in [2.75, 3.05) is 55.4 Å². The van der Waals surface area contributed by atoms with Gasteiger partial charge in [-0.15, -0.1) is 5.06 Å². The first-order valence-electron chi connectivity index (χ1n) is 17.2. The number of carbonyl (C=O) groups excluding carboxylic acids is 4. The lowest BCUT2D eigenvalue weighted by molar-refractivity contribution is -0.187. The Balaban J connectivity index is 0.000000881. The van der Waals surface area contributed by atoms with Gasteiger partial charge in [-0.1, -0.05) is 52.6 Å². The number of halogens is 4. The van der Waals surface area contributed by atoms with E-state index >= 15 is 0 Å². The Labute approximate surface area is 396 Å². The molecule has 340 valence electrons. The molecule has 0 saturated heterocycles. The Morgan fingerprint density at radius 2 is 1.11 bits per heavy atom. The summed E-state index contributed by atoms with van der Waals surface area (Å²) in [4.78, 5) is 62.6. The third-order valence-electron chi connectivity index (χ3n) is 7.89. The van der Waals surface area contributed by atoms with Crippen LogP contribution in [0.3, 0.4) is 0 Å².